The summed E-state index contributed by atoms with van der Waals surface area (Å²) in [7, 11) is 1.66. The first kappa shape index (κ1) is 14.9. The van der Waals surface area contributed by atoms with Crippen LogP contribution in [0.5, 0.6) is 0 Å². The first-order valence-electron chi connectivity index (χ1n) is 6.28. The maximum Gasteiger partial charge on any atom is 0.123 e. The van der Waals surface area contributed by atoms with Crippen molar-refractivity contribution in [3.05, 3.63) is 29.6 Å². The summed E-state index contributed by atoms with van der Waals surface area (Å²) >= 11 is 0. The van der Waals surface area contributed by atoms with Crippen LogP contribution in [0.25, 0.3) is 0 Å². The third kappa shape index (κ3) is 3.68. The van der Waals surface area contributed by atoms with Gasteiger partial charge in [0.25, 0.3) is 0 Å². The summed E-state index contributed by atoms with van der Waals surface area (Å²) in [4.78, 5) is 2.15. The summed E-state index contributed by atoms with van der Waals surface area (Å²) in [5.74, 6) is -0.321. The van der Waals surface area contributed by atoms with Crippen LogP contribution in [0.2, 0.25) is 0 Å². The summed E-state index contributed by atoms with van der Waals surface area (Å²) < 4.78 is 18.3. The lowest BCUT2D eigenvalue weighted by molar-refractivity contribution is 0.203. The smallest absolute Gasteiger partial charge is 0.123 e. The monoisotopic (exact) mass is 255 g/mol. The van der Waals surface area contributed by atoms with E-state index in [0.29, 0.717) is 18.2 Å². The molecule has 18 heavy (non-hydrogen) atoms. The van der Waals surface area contributed by atoms with Crippen molar-refractivity contribution in [3.8, 4) is 0 Å². The Labute approximate surface area is 108 Å². The minimum Gasteiger partial charge on any atom is -0.392 e. The van der Waals surface area contributed by atoms with E-state index in [1.54, 1.807) is 13.2 Å². The lowest BCUT2D eigenvalue weighted by atomic mass is 10.1. The van der Waals surface area contributed by atoms with E-state index in [1.165, 1.54) is 12.1 Å². The lowest BCUT2D eigenvalue weighted by Crippen LogP contribution is -2.36. The molecule has 1 aromatic carbocycles. The fourth-order valence-electron chi connectivity index (χ4n) is 1.95. The fraction of sp³-hybridized carbons (Fsp3) is 0.571. The van der Waals surface area contributed by atoms with Gasteiger partial charge >= 0.3 is 0 Å². The first-order chi connectivity index (χ1) is 8.63. The molecule has 102 valence electrons. The molecular formula is C14H22FNO2. The zero-order chi connectivity index (χ0) is 13.5. The summed E-state index contributed by atoms with van der Waals surface area (Å²) in [5, 5.41) is 9.35. The molecule has 4 heteroatoms. The number of hydrogen-bond donors (Lipinski definition) is 1. The second-order valence-corrected chi connectivity index (χ2v) is 4.37. The molecule has 0 saturated carbocycles. The van der Waals surface area contributed by atoms with Gasteiger partial charge in [-0.15, -0.1) is 0 Å². The van der Waals surface area contributed by atoms with Crippen molar-refractivity contribution in [1.82, 2.24) is 0 Å². The van der Waals surface area contributed by atoms with Gasteiger partial charge in [-0.1, -0.05) is 6.92 Å². The fourth-order valence-corrected chi connectivity index (χ4v) is 1.95. The Morgan fingerprint density at radius 1 is 1.44 bits per heavy atom. The molecule has 0 saturated heterocycles. The number of methoxy groups -OCH3 is 1. The second-order valence-electron chi connectivity index (χ2n) is 4.37. The van der Waals surface area contributed by atoms with Crippen LogP contribution in [0.15, 0.2) is 18.2 Å². The van der Waals surface area contributed by atoms with Gasteiger partial charge in [0.2, 0.25) is 0 Å². The number of anilines is 1. The van der Waals surface area contributed by atoms with Gasteiger partial charge in [0.1, 0.15) is 5.82 Å². The third-order valence-electron chi connectivity index (χ3n) is 3.18. The molecule has 0 aliphatic carbocycles. The van der Waals surface area contributed by atoms with E-state index in [2.05, 4.69) is 18.7 Å². The molecule has 0 spiro atoms. The van der Waals surface area contributed by atoms with Gasteiger partial charge in [-0.05, 0) is 31.5 Å². The summed E-state index contributed by atoms with van der Waals surface area (Å²) in [6.07, 6.45) is 0.978. The summed E-state index contributed by atoms with van der Waals surface area (Å²) in [6, 6.07) is 4.85. The van der Waals surface area contributed by atoms with Crippen molar-refractivity contribution in [2.45, 2.75) is 32.9 Å². The van der Waals surface area contributed by atoms with Gasteiger partial charge in [-0.2, -0.15) is 0 Å². The van der Waals surface area contributed by atoms with Crippen molar-refractivity contribution in [3.63, 3.8) is 0 Å². The highest BCUT2D eigenvalue weighted by Crippen LogP contribution is 2.24. The van der Waals surface area contributed by atoms with Gasteiger partial charge in [0.15, 0.2) is 0 Å². The molecule has 0 bridgehead atoms. The van der Waals surface area contributed by atoms with Crippen molar-refractivity contribution in [2.75, 3.05) is 25.2 Å². The van der Waals surface area contributed by atoms with E-state index in [-0.39, 0.29) is 12.4 Å². The van der Waals surface area contributed by atoms with Crippen LogP contribution in [-0.4, -0.2) is 31.4 Å². The Balaban J connectivity index is 3.03. The van der Waals surface area contributed by atoms with Gasteiger partial charge in [0, 0.05) is 30.9 Å². The van der Waals surface area contributed by atoms with E-state index < -0.39 is 0 Å². The van der Waals surface area contributed by atoms with Gasteiger partial charge < -0.3 is 14.7 Å². The van der Waals surface area contributed by atoms with E-state index >= 15 is 0 Å². The SMILES string of the molecule is CCC(C)N(CCOC)c1ccc(F)cc1CO. The van der Waals surface area contributed by atoms with E-state index in [1.807, 2.05) is 0 Å². The molecule has 1 rings (SSSR count). The number of ether oxygens (including phenoxy) is 1. The second kappa shape index (κ2) is 7.34. The summed E-state index contributed by atoms with van der Waals surface area (Å²) in [6.45, 7) is 5.39. The maximum absolute atomic E-state index is 13.2. The van der Waals surface area contributed by atoms with Crippen LogP contribution >= 0.6 is 0 Å². The lowest BCUT2D eigenvalue weighted by Gasteiger charge is -2.32. The number of aliphatic hydroxyl groups excluding tert-OH is 1. The summed E-state index contributed by atoms with van der Waals surface area (Å²) in [5.41, 5.74) is 1.50. The molecular weight excluding hydrogens is 233 g/mol. The van der Waals surface area contributed by atoms with Crippen molar-refractivity contribution in [2.24, 2.45) is 0 Å². The molecule has 0 amide bonds. The molecule has 0 radical (unpaired) electrons. The van der Waals surface area contributed by atoms with Gasteiger partial charge in [-0.25, -0.2) is 4.39 Å². The minimum atomic E-state index is -0.321. The Kier molecular flexibility index (Phi) is 6.09. The van der Waals surface area contributed by atoms with Gasteiger partial charge in [-0.3, -0.25) is 0 Å². The molecule has 0 aromatic heterocycles. The van der Waals surface area contributed by atoms with Crippen LogP contribution in [0.4, 0.5) is 10.1 Å². The average molecular weight is 255 g/mol. The maximum atomic E-state index is 13.2. The highest BCUT2D eigenvalue weighted by Gasteiger charge is 2.16. The highest BCUT2D eigenvalue weighted by atomic mass is 19.1. The quantitative estimate of drug-likeness (QED) is 0.813. The molecule has 1 N–H and O–H groups in total. The molecule has 0 fully saturated rings. The van der Waals surface area contributed by atoms with Crippen LogP contribution < -0.4 is 4.90 Å². The van der Waals surface area contributed by atoms with Crippen molar-refractivity contribution in [1.29, 1.82) is 0 Å². The number of aliphatic hydroxyl groups is 1. The van der Waals surface area contributed by atoms with E-state index in [0.717, 1.165) is 18.7 Å². The highest BCUT2D eigenvalue weighted by molar-refractivity contribution is 5.54. The molecule has 0 aliphatic rings. The average Bonchev–Trinajstić information content (AvgIpc) is 2.39. The predicted molar refractivity (Wildman–Crippen MR) is 71.3 cm³/mol. The predicted octanol–water partition coefficient (Wildman–Crippen LogP) is 2.57. The number of halogens is 1. The topological polar surface area (TPSA) is 32.7 Å². The Hall–Kier alpha value is -1.13. The Bertz CT molecular complexity index is 371. The number of benzene rings is 1. The van der Waals surface area contributed by atoms with Crippen LogP contribution in [0.1, 0.15) is 25.8 Å². The zero-order valence-electron chi connectivity index (χ0n) is 11.3. The number of nitrogens with zero attached hydrogens (tertiary/aromatic N) is 1. The first-order valence-corrected chi connectivity index (χ1v) is 6.28. The molecule has 0 heterocycles. The number of rotatable bonds is 7. The molecule has 1 aromatic rings. The van der Waals surface area contributed by atoms with E-state index in [4.69, 9.17) is 4.74 Å². The molecule has 1 atom stereocenters. The van der Waals surface area contributed by atoms with Crippen molar-refractivity contribution < 1.29 is 14.2 Å². The zero-order valence-corrected chi connectivity index (χ0v) is 11.3. The number of hydrogen-bond acceptors (Lipinski definition) is 3. The van der Waals surface area contributed by atoms with Gasteiger partial charge in [0.05, 0.1) is 13.2 Å². The minimum absolute atomic E-state index is 0.160. The molecule has 0 aliphatic heterocycles. The standard InChI is InChI=1S/C14H22FNO2/c1-4-11(2)16(7-8-18-3)14-6-5-13(15)9-12(14)10-17/h5-6,9,11,17H,4,7-8,10H2,1-3H3. The van der Waals surface area contributed by atoms with Crippen molar-refractivity contribution >= 4 is 5.69 Å². The molecule has 3 nitrogen and oxygen atoms in total. The Morgan fingerprint density at radius 3 is 2.72 bits per heavy atom. The molecule has 1 unspecified atom stereocenters. The Morgan fingerprint density at radius 2 is 2.17 bits per heavy atom. The van der Waals surface area contributed by atoms with Crippen LogP contribution in [0.3, 0.4) is 0 Å². The third-order valence-corrected chi connectivity index (χ3v) is 3.18. The van der Waals surface area contributed by atoms with E-state index in [9.17, 15) is 9.50 Å². The largest absolute Gasteiger partial charge is 0.392 e. The van der Waals surface area contributed by atoms with Crippen LogP contribution in [-0.2, 0) is 11.3 Å². The normalized spacial score (nSPS) is 12.5. The van der Waals surface area contributed by atoms with Crippen LogP contribution in [0, 0.1) is 5.82 Å².